The molecule has 0 saturated carbocycles. The van der Waals surface area contributed by atoms with Gasteiger partial charge in [0, 0.05) is 0 Å². The second-order valence-corrected chi connectivity index (χ2v) is 5.04. The molecular weight excluding hydrogens is 304 g/mol. The summed E-state index contributed by atoms with van der Waals surface area (Å²) in [5.74, 6) is -0.585. The molecule has 0 amide bonds. The second-order valence-electron chi connectivity index (χ2n) is 4.67. The molecule has 0 unspecified atom stereocenters. The van der Waals surface area contributed by atoms with Crippen LogP contribution in [0.3, 0.4) is 0 Å². The van der Waals surface area contributed by atoms with Crippen molar-refractivity contribution in [1.82, 2.24) is 20.2 Å². The fraction of sp³-hybridized carbons (Fsp3) is 0.0667. The lowest BCUT2D eigenvalue weighted by Crippen LogP contribution is -2.06. The molecule has 0 fully saturated rings. The van der Waals surface area contributed by atoms with Gasteiger partial charge < -0.3 is 5.11 Å². The summed E-state index contributed by atoms with van der Waals surface area (Å²) in [7, 11) is 0. The number of halogens is 1. The molecule has 0 aliphatic heterocycles. The largest absolute Gasteiger partial charge is 0.478 e. The number of carboxylic acids is 1. The first-order chi connectivity index (χ1) is 10.6. The number of aryl methyl sites for hydroxylation is 1. The Labute approximate surface area is 131 Å². The van der Waals surface area contributed by atoms with Crippen molar-refractivity contribution in [2.45, 2.75) is 6.92 Å². The van der Waals surface area contributed by atoms with E-state index in [1.165, 1.54) is 4.68 Å². The molecule has 0 aliphatic rings. The minimum Gasteiger partial charge on any atom is -0.478 e. The van der Waals surface area contributed by atoms with Gasteiger partial charge in [-0.25, -0.2) is 4.79 Å². The van der Waals surface area contributed by atoms with Crippen LogP contribution in [0.15, 0.2) is 42.5 Å². The number of hydrogen-bond donors (Lipinski definition) is 1. The van der Waals surface area contributed by atoms with Gasteiger partial charge in [0.2, 0.25) is 0 Å². The first-order valence-electron chi connectivity index (χ1n) is 6.45. The van der Waals surface area contributed by atoms with Crippen molar-refractivity contribution < 1.29 is 9.90 Å². The topological polar surface area (TPSA) is 80.9 Å². The number of aromatic carboxylic acids is 1. The zero-order valence-electron chi connectivity index (χ0n) is 11.6. The Morgan fingerprint density at radius 1 is 1.18 bits per heavy atom. The van der Waals surface area contributed by atoms with Crippen molar-refractivity contribution in [3.8, 4) is 16.8 Å². The highest BCUT2D eigenvalue weighted by molar-refractivity contribution is 6.35. The molecule has 3 aromatic rings. The quantitative estimate of drug-likeness (QED) is 0.803. The molecule has 0 bridgehead atoms. The third-order valence-corrected chi connectivity index (χ3v) is 3.64. The number of nitrogens with zero attached hydrogens (tertiary/aromatic N) is 4. The molecule has 3 rings (SSSR count). The number of benzene rings is 2. The van der Waals surface area contributed by atoms with E-state index in [-0.39, 0.29) is 10.6 Å². The van der Waals surface area contributed by atoms with E-state index in [0.29, 0.717) is 11.5 Å². The number of rotatable bonds is 3. The number of tetrazole rings is 1. The van der Waals surface area contributed by atoms with Crippen molar-refractivity contribution in [1.29, 1.82) is 0 Å². The Morgan fingerprint density at radius 2 is 1.91 bits per heavy atom. The molecule has 0 atom stereocenters. The van der Waals surface area contributed by atoms with Gasteiger partial charge in [0.1, 0.15) is 0 Å². The maximum atomic E-state index is 11.5. The van der Waals surface area contributed by atoms with E-state index in [2.05, 4.69) is 15.5 Å². The maximum absolute atomic E-state index is 11.5. The van der Waals surface area contributed by atoms with Gasteiger partial charge in [-0.05, 0) is 40.6 Å². The van der Waals surface area contributed by atoms with E-state index >= 15 is 0 Å². The zero-order valence-corrected chi connectivity index (χ0v) is 12.3. The number of hydrogen-bond acceptors (Lipinski definition) is 4. The number of carboxylic acid groups (broad SMARTS) is 1. The van der Waals surface area contributed by atoms with Gasteiger partial charge in [-0.2, -0.15) is 4.68 Å². The molecule has 1 aromatic heterocycles. The average Bonchev–Trinajstić information content (AvgIpc) is 2.94. The molecule has 110 valence electrons. The molecular formula is C15H11ClN4O2. The first-order valence-corrected chi connectivity index (χ1v) is 6.83. The van der Waals surface area contributed by atoms with Crippen molar-refractivity contribution in [3.63, 3.8) is 0 Å². The highest BCUT2D eigenvalue weighted by Crippen LogP contribution is 2.31. The normalized spacial score (nSPS) is 10.6. The number of aromatic nitrogens is 4. The maximum Gasteiger partial charge on any atom is 0.337 e. The summed E-state index contributed by atoms with van der Waals surface area (Å²) in [6, 6.07) is 12.8. The molecule has 0 radical (unpaired) electrons. The van der Waals surface area contributed by atoms with Crippen LogP contribution in [0, 0.1) is 6.92 Å². The van der Waals surface area contributed by atoms with Gasteiger partial charge in [-0.3, -0.25) is 0 Å². The SMILES string of the molecule is Cc1nnnn1-c1cc(-c2ccccc2)cc(C(=O)O)c1Cl. The standard InChI is InChI=1S/C15H11ClN4O2/c1-9-17-18-19-20(9)13-8-11(10-5-3-2-4-6-10)7-12(14(13)16)15(21)22/h2-8H,1H3,(H,21,22). The predicted molar refractivity (Wildman–Crippen MR) is 81.3 cm³/mol. The highest BCUT2D eigenvalue weighted by Gasteiger charge is 2.18. The van der Waals surface area contributed by atoms with Crippen LogP contribution >= 0.6 is 11.6 Å². The molecule has 1 N–H and O–H groups in total. The summed E-state index contributed by atoms with van der Waals surface area (Å²) < 4.78 is 1.42. The van der Waals surface area contributed by atoms with E-state index in [1.807, 2.05) is 30.3 Å². The van der Waals surface area contributed by atoms with Crippen LogP contribution in [0.4, 0.5) is 0 Å². The van der Waals surface area contributed by atoms with Crippen molar-refractivity contribution in [2.24, 2.45) is 0 Å². The Morgan fingerprint density at radius 3 is 2.50 bits per heavy atom. The molecule has 0 aliphatic carbocycles. The van der Waals surface area contributed by atoms with Crippen LogP contribution in [-0.4, -0.2) is 31.3 Å². The number of carbonyl (C=O) groups is 1. The Bertz CT molecular complexity index is 846. The van der Waals surface area contributed by atoms with Gasteiger partial charge in [-0.1, -0.05) is 41.9 Å². The van der Waals surface area contributed by atoms with Gasteiger partial charge in [-0.15, -0.1) is 5.10 Å². The van der Waals surface area contributed by atoms with Crippen LogP contribution in [-0.2, 0) is 0 Å². The summed E-state index contributed by atoms with van der Waals surface area (Å²) >= 11 is 6.23. The Kier molecular flexibility index (Phi) is 3.60. The summed E-state index contributed by atoms with van der Waals surface area (Å²) in [4.78, 5) is 11.5. The summed E-state index contributed by atoms with van der Waals surface area (Å²) in [6.07, 6.45) is 0. The third-order valence-electron chi connectivity index (χ3n) is 3.24. The smallest absolute Gasteiger partial charge is 0.337 e. The van der Waals surface area contributed by atoms with Crippen LogP contribution in [0.1, 0.15) is 16.2 Å². The Hall–Kier alpha value is -2.73. The van der Waals surface area contributed by atoms with Gasteiger partial charge in [0.25, 0.3) is 0 Å². The van der Waals surface area contributed by atoms with Crippen molar-refractivity contribution >= 4 is 17.6 Å². The Balaban J connectivity index is 2.28. The molecule has 0 saturated heterocycles. The van der Waals surface area contributed by atoms with Gasteiger partial charge in [0.15, 0.2) is 5.82 Å². The van der Waals surface area contributed by atoms with Crippen LogP contribution < -0.4 is 0 Å². The van der Waals surface area contributed by atoms with E-state index in [4.69, 9.17) is 11.6 Å². The monoisotopic (exact) mass is 314 g/mol. The highest BCUT2D eigenvalue weighted by atomic mass is 35.5. The molecule has 0 spiro atoms. The lowest BCUT2D eigenvalue weighted by molar-refractivity contribution is 0.0697. The van der Waals surface area contributed by atoms with Gasteiger partial charge >= 0.3 is 5.97 Å². The summed E-state index contributed by atoms with van der Waals surface area (Å²) in [5.41, 5.74) is 2.05. The molecule has 2 aromatic carbocycles. The minimum absolute atomic E-state index is 0.00733. The van der Waals surface area contributed by atoms with E-state index in [0.717, 1.165) is 11.1 Å². The molecule has 1 heterocycles. The summed E-state index contributed by atoms with van der Waals surface area (Å²) in [6.45, 7) is 1.71. The van der Waals surface area contributed by atoms with Crippen LogP contribution in [0.5, 0.6) is 0 Å². The van der Waals surface area contributed by atoms with E-state index in [1.54, 1.807) is 19.1 Å². The molecule has 7 heteroatoms. The fourth-order valence-electron chi connectivity index (χ4n) is 2.17. The zero-order chi connectivity index (χ0) is 15.7. The fourth-order valence-corrected chi connectivity index (χ4v) is 2.44. The summed E-state index contributed by atoms with van der Waals surface area (Å²) in [5, 5.41) is 20.7. The first kappa shape index (κ1) is 14.2. The van der Waals surface area contributed by atoms with Crippen molar-refractivity contribution in [3.05, 3.63) is 58.9 Å². The third kappa shape index (κ3) is 2.44. The van der Waals surface area contributed by atoms with Crippen LogP contribution in [0.25, 0.3) is 16.8 Å². The van der Waals surface area contributed by atoms with E-state index in [9.17, 15) is 9.90 Å². The molecule has 22 heavy (non-hydrogen) atoms. The van der Waals surface area contributed by atoms with Crippen LogP contribution in [0.2, 0.25) is 5.02 Å². The lowest BCUT2D eigenvalue weighted by Gasteiger charge is -2.11. The average molecular weight is 315 g/mol. The minimum atomic E-state index is -1.10. The second kappa shape index (κ2) is 5.57. The van der Waals surface area contributed by atoms with E-state index < -0.39 is 5.97 Å². The molecule has 6 nitrogen and oxygen atoms in total. The van der Waals surface area contributed by atoms with Crippen molar-refractivity contribution in [2.75, 3.05) is 0 Å². The van der Waals surface area contributed by atoms with Gasteiger partial charge in [0.05, 0.1) is 16.3 Å². The lowest BCUT2D eigenvalue weighted by atomic mass is 10.0. The predicted octanol–water partition coefficient (Wildman–Crippen LogP) is 2.99.